The van der Waals surface area contributed by atoms with Crippen molar-refractivity contribution in [3.8, 4) is 56.2 Å². The maximum Gasteiger partial charge on any atom is 0.160 e. The molecule has 0 radical (unpaired) electrons. The molecule has 0 saturated carbocycles. The molecule has 2 aromatic heterocycles. The van der Waals surface area contributed by atoms with Gasteiger partial charge < -0.3 is 0 Å². The van der Waals surface area contributed by atoms with Crippen LogP contribution in [0.4, 0.5) is 0 Å². The smallest absolute Gasteiger partial charge is 0.160 e. The van der Waals surface area contributed by atoms with Crippen LogP contribution in [0.3, 0.4) is 0 Å². The van der Waals surface area contributed by atoms with Crippen molar-refractivity contribution in [2.75, 3.05) is 0 Å². The molecule has 236 valence electrons. The van der Waals surface area contributed by atoms with Crippen LogP contribution < -0.4 is 0 Å². The van der Waals surface area contributed by atoms with Gasteiger partial charge in [0.1, 0.15) is 0 Å². The molecule has 0 bridgehead atoms. The Labute approximate surface area is 295 Å². The molecule has 1 aliphatic rings. The first-order chi connectivity index (χ1) is 24.5. The molecule has 7 aromatic carbocycles. The lowest BCUT2D eigenvalue weighted by molar-refractivity contribution is 0.661. The molecule has 0 atom stereocenters. The minimum absolute atomic E-state index is 0.118. The summed E-state index contributed by atoms with van der Waals surface area (Å²) in [5, 5.41) is 5.09. The molecule has 0 saturated heterocycles. The molecule has 0 spiro atoms. The fourth-order valence-corrected chi connectivity index (χ4v) is 9.06. The lowest BCUT2D eigenvalue weighted by Crippen LogP contribution is -2.14. The minimum Gasteiger partial charge on any atom is -0.228 e. The summed E-state index contributed by atoms with van der Waals surface area (Å²) in [6.45, 7) is 4.72. The SMILES string of the molecule is CC1(C)c2cc3ccccc3cc2-c2c(-c3ccccc3-c3cc(-c4ccc5sc6ccccc6c5c4)nc(-c4ccccc4)n3)cccc21. The zero-order chi connectivity index (χ0) is 33.4. The molecule has 10 rings (SSSR count). The van der Waals surface area contributed by atoms with Gasteiger partial charge in [-0.15, -0.1) is 11.3 Å². The summed E-state index contributed by atoms with van der Waals surface area (Å²) in [4.78, 5) is 10.5. The highest BCUT2D eigenvalue weighted by molar-refractivity contribution is 7.25. The van der Waals surface area contributed by atoms with Crippen LogP contribution in [0.5, 0.6) is 0 Å². The van der Waals surface area contributed by atoms with E-state index in [-0.39, 0.29) is 5.41 Å². The largest absolute Gasteiger partial charge is 0.228 e. The number of nitrogens with zero attached hydrogens (tertiary/aromatic N) is 2. The average molecular weight is 657 g/mol. The lowest BCUT2D eigenvalue weighted by atomic mass is 9.81. The highest BCUT2D eigenvalue weighted by Gasteiger charge is 2.37. The van der Waals surface area contributed by atoms with E-state index in [2.05, 4.69) is 166 Å². The van der Waals surface area contributed by atoms with Crippen LogP contribution >= 0.6 is 11.3 Å². The molecule has 2 heterocycles. The summed E-state index contributed by atoms with van der Waals surface area (Å²) in [5.41, 5.74) is 12.7. The van der Waals surface area contributed by atoms with E-state index >= 15 is 0 Å². The Bertz CT molecular complexity index is 2790. The van der Waals surface area contributed by atoms with Crippen molar-refractivity contribution in [3.63, 3.8) is 0 Å². The molecule has 9 aromatic rings. The van der Waals surface area contributed by atoms with Crippen LogP contribution in [0.15, 0.2) is 158 Å². The van der Waals surface area contributed by atoms with Crippen LogP contribution in [-0.2, 0) is 5.41 Å². The second-order valence-electron chi connectivity index (χ2n) is 13.8. The highest BCUT2D eigenvalue weighted by Crippen LogP contribution is 2.54. The van der Waals surface area contributed by atoms with Gasteiger partial charge in [0.2, 0.25) is 0 Å². The Kier molecular flexibility index (Phi) is 6.43. The van der Waals surface area contributed by atoms with Crippen molar-refractivity contribution < 1.29 is 0 Å². The Morgan fingerprint density at radius 1 is 0.440 bits per heavy atom. The number of hydrogen-bond donors (Lipinski definition) is 0. The van der Waals surface area contributed by atoms with E-state index in [1.165, 1.54) is 64.3 Å². The van der Waals surface area contributed by atoms with Gasteiger partial charge in [-0.05, 0) is 80.6 Å². The third-order valence-corrected chi connectivity index (χ3v) is 11.6. The molecule has 0 amide bonds. The van der Waals surface area contributed by atoms with Crippen molar-refractivity contribution >= 4 is 42.3 Å². The average Bonchev–Trinajstić information content (AvgIpc) is 3.65. The first-order valence-corrected chi connectivity index (χ1v) is 18.0. The fraction of sp³-hybridized carbons (Fsp3) is 0.0638. The minimum atomic E-state index is -0.118. The second-order valence-corrected chi connectivity index (χ2v) is 14.9. The van der Waals surface area contributed by atoms with Gasteiger partial charge in [0.25, 0.3) is 0 Å². The summed E-state index contributed by atoms with van der Waals surface area (Å²) in [5.74, 6) is 0.722. The van der Waals surface area contributed by atoms with Crippen molar-refractivity contribution in [2.45, 2.75) is 19.3 Å². The van der Waals surface area contributed by atoms with Crippen LogP contribution in [-0.4, -0.2) is 9.97 Å². The molecule has 0 fully saturated rings. The van der Waals surface area contributed by atoms with E-state index in [0.717, 1.165) is 33.9 Å². The van der Waals surface area contributed by atoms with Gasteiger partial charge in [0, 0.05) is 42.3 Å². The van der Waals surface area contributed by atoms with Gasteiger partial charge >= 0.3 is 0 Å². The van der Waals surface area contributed by atoms with Gasteiger partial charge in [0.05, 0.1) is 11.4 Å². The Hall–Kier alpha value is -5.90. The summed E-state index contributed by atoms with van der Waals surface area (Å²) < 4.78 is 2.59. The summed E-state index contributed by atoms with van der Waals surface area (Å²) in [6.07, 6.45) is 0. The molecule has 50 heavy (non-hydrogen) atoms. The number of benzene rings is 7. The Morgan fingerprint density at radius 2 is 1.12 bits per heavy atom. The lowest BCUT2D eigenvalue weighted by Gasteiger charge is -2.22. The molecular formula is C47H32N2S. The third-order valence-electron chi connectivity index (χ3n) is 10.5. The van der Waals surface area contributed by atoms with E-state index < -0.39 is 0 Å². The number of rotatable bonds is 4. The van der Waals surface area contributed by atoms with Crippen molar-refractivity contribution in [3.05, 3.63) is 169 Å². The maximum absolute atomic E-state index is 5.29. The zero-order valence-corrected chi connectivity index (χ0v) is 28.6. The Balaban J connectivity index is 1.20. The molecule has 0 unspecified atom stereocenters. The van der Waals surface area contributed by atoms with Crippen molar-refractivity contribution in [2.24, 2.45) is 0 Å². The third kappa shape index (κ3) is 4.47. The molecule has 3 heteroatoms. The zero-order valence-electron chi connectivity index (χ0n) is 27.8. The summed E-state index contributed by atoms with van der Waals surface area (Å²) in [6, 6.07) is 57.0. The van der Waals surface area contributed by atoms with E-state index in [9.17, 15) is 0 Å². The second kappa shape index (κ2) is 11.1. The van der Waals surface area contributed by atoms with E-state index in [1.807, 2.05) is 17.4 Å². The standard InChI is InChI=1S/C47H32N2S/c1-47(2)39-21-12-20-36(45(39)38-25-30-15-6-7-16-31(30)27-40(38)47)33-17-8-9-18-34(33)42-28-41(48-46(49-42)29-13-4-3-5-14-29)32-23-24-44-37(26-32)35-19-10-11-22-43(35)50-44/h3-28H,1-2H3. The maximum atomic E-state index is 5.29. The highest BCUT2D eigenvalue weighted by atomic mass is 32.1. The van der Waals surface area contributed by atoms with Gasteiger partial charge in [-0.2, -0.15) is 0 Å². The molecular weight excluding hydrogens is 625 g/mol. The predicted octanol–water partition coefficient (Wildman–Crippen LogP) is 13.0. The van der Waals surface area contributed by atoms with E-state index in [4.69, 9.17) is 9.97 Å². The molecule has 0 aliphatic heterocycles. The first kappa shape index (κ1) is 29.1. The first-order valence-electron chi connectivity index (χ1n) is 17.2. The monoisotopic (exact) mass is 656 g/mol. The Morgan fingerprint density at radius 3 is 1.98 bits per heavy atom. The van der Waals surface area contributed by atoms with Crippen LogP contribution in [0, 0.1) is 0 Å². The number of thiophene rings is 1. The van der Waals surface area contributed by atoms with E-state index in [0.29, 0.717) is 0 Å². The van der Waals surface area contributed by atoms with Gasteiger partial charge in [-0.3, -0.25) is 0 Å². The summed E-state index contributed by atoms with van der Waals surface area (Å²) in [7, 11) is 0. The van der Waals surface area contributed by atoms with Crippen LogP contribution in [0.1, 0.15) is 25.0 Å². The van der Waals surface area contributed by atoms with Gasteiger partial charge in [-0.1, -0.05) is 135 Å². The normalized spacial score (nSPS) is 13.2. The topological polar surface area (TPSA) is 25.8 Å². The summed E-state index contributed by atoms with van der Waals surface area (Å²) >= 11 is 1.84. The quantitative estimate of drug-likeness (QED) is 0.188. The number of hydrogen-bond acceptors (Lipinski definition) is 3. The molecule has 1 aliphatic carbocycles. The van der Waals surface area contributed by atoms with Crippen molar-refractivity contribution in [1.82, 2.24) is 9.97 Å². The molecule has 0 N–H and O–H groups in total. The van der Waals surface area contributed by atoms with Crippen LogP contribution in [0.2, 0.25) is 0 Å². The van der Waals surface area contributed by atoms with Crippen molar-refractivity contribution in [1.29, 1.82) is 0 Å². The predicted molar refractivity (Wildman–Crippen MR) is 212 cm³/mol. The number of aromatic nitrogens is 2. The fourth-order valence-electron chi connectivity index (χ4n) is 7.97. The number of fused-ring (bicyclic) bond motifs is 7. The van der Waals surface area contributed by atoms with Crippen LogP contribution in [0.25, 0.3) is 87.1 Å². The van der Waals surface area contributed by atoms with Gasteiger partial charge in [-0.25, -0.2) is 9.97 Å². The molecule has 2 nitrogen and oxygen atoms in total. The van der Waals surface area contributed by atoms with E-state index in [1.54, 1.807) is 0 Å². The van der Waals surface area contributed by atoms with Gasteiger partial charge in [0.15, 0.2) is 5.82 Å².